The van der Waals surface area contributed by atoms with Gasteiger partial charge >= 0.3 is 0 Å². The van der Waals surface area contributed by atoms with E-state index in [2.05, 4.69) is 41.2 Å². The van der Waals surface area contributed by atoms with Gasteiger partial charge in [0.15, 0.2) is 46.2 Å². The first-order valence-corrected chi connectivity index (χ1v) is 23.1. The van der Waals surface area contributed by atoms with Crippen molar-refractivity contribution in [3.8, 4) is 22.5 Å². The van der Waals surface area contributed by atoms with Crippen LogP contribution in [0.5, 0.6) is 0 Å². The van der Waals surface area contributed by atoms with E-state index in [-0.39, 0.29) is 63.6 Å². The van der Waals surface area contributed by atoms with E-state index in [4.69, 9.17) is 21.5 Å². The Morgan fingerprint density at radius 3 is 1.72 bits per heavy atom. The highest BCUT2D eigenvalue weighted by atomic mass is 35.5. The molecule has 0 unspecified atom stereocenters. The van der Waals surface area contributed by atoms with Crippen molar-refractivity contribution in [2.75, 3.05) is 43.2 Å². The van der Waals surface area contributed by atoms with Gasteiger partial charge in [-0.15, -0.1) is 0 Å². The zero-order valence-corrected chi connectivity index (χ0v) is 37.0. The van der Waals surface area contributed by atoms with Gasteiger partial charge in [-0.05, 0) is 49.9 Å². The fourth-order valence-electron chi connectivity index (χ4n) is 7.32. The van der Waals surface area contributed by atoms with Gasteiger partial charge in [-0.3, -0.25) is 18.4 Å². The van der Waals surface area contributed by atoms with E-state index in [0.29, 0.717) is 69.4 Å². The molecule has 346 valence electrons. The number of ether oxygens (including phenoxy) is 1. The predicted octanol–water partition coefficient (Wildman–Crippen LogP) is 6.85. The number of nitrogens with zero attached hydrogens (tertiary/aromatic N) is 6. The third-order valence-corrected chi connectivity index (χ3v) is 12.1. The van der Waals surface area contributed by atoms with Crippen LogP contribution in [-0.4, -0.2) is 93.6 Å². The second-order valence-electron chi connectivity index (χ2n) is 16.0. The lowest BCUT2D eigenvalue weighted by Crippen LogP contribution is -2.25. The number of rotatable bonds is 14. The Labute approximate surface area is 384 Å². The van der Waals surface area contributed by atoms with Crippen molar-refractivity contribution in [2.24, 2.45) is 5.14 Å². The number of halogens is 5. The van der Waals surface area contributed by atoms with E-state index in [1.165, 1.54) is 0 Å². The summed E-state index contributed by atoms with van der Waals surface area (Å²) >= 11 is 6.44. The van der Waals surface area contributed by atoms with E-state index in [0.717, 1.165) is 49.9 Å². The van der Waals surface area contributed by atoms with Crippen LogP contribution in [0.15, 0.2) is 79.1 Å². The molecule has 2 fully saturated rings. The number of carbonyl (C=O) groups excluding carboxylic acids is 2. The average molecular weight is 958 g/mol. The lowest BCUT2D eigenvalue weighted by molar-refractivity contribution is 0.0942. The molecule has 6 N–H and O–H groups in total. The van der Waals surface area contributed by atoms with Gasteiger partial charge < -0.3 is 26.0 Å². The van der Waals surface area contributed by atoms with Crippen molar-refractivity contribution >= 4 is 78.4 Å². The largest absolute Gasteiger partial charge is 0.383 e. The summed E-state index contributed by atoms with van der Waals surface area (Å²) in [6, 6.07) is 16.5. The number of amides is 2. The fourth-order valence-corrected chi connectivity index (χ4v) is 7.97. The second-order valence-corrected chi connectivity index (χ2v) is 18.2. The monoisotopic (exact) mass is 957 g/mol. The molecular formula is C45H40ClF4N11O5S. The number of fused-ring (bicyclic) bond motifs is 6. The van der Waals surface area contributed by atoms with Gasteiger partial charge in [-0.1, -0.05) is 29.8 Å². The fraction of sp³-hybridized carbons (Fsp3) is 0.244. The maximum atomic E-state index is 14.1. The number of carbonyl (C=O) groups is 2. The Morgan fingerprint density at radius 1 is 0.716 bits per heavy atom. The van der Waals surface area contributed by atoms with E-state index in [1.54, 1.807) is 70.8 Å². The van der Waals surface area contributed by atoms with Crippen molar-refractivity contribution < 1.29 is 40.3 Å². The van der Waals surface area contributed by atoms with Crippen LogP contribution >= 0.6 is 11.6 Å². The van der Waals surface area contributed by atoms with E-state index in [9.17, 15) is 35.6 Å². The lowest BCUT2D eigenvalue weighted by atomic mass is 10.1. The first-order chi connectivity index (χ1) is 32.1. The summed E-state index contributed by atoms with van der Waals surface area (Å²) in [5.74, 6) is -4.22. The molecule has 4 aromatic carbocycles. The number of benzene rings is 4. The van der Waals surface area contributed by atoms with Crippen molar-refractivity contribution in [1.82, 2.24) is 39.4 Å². The van der Waals surface area contributed by atoms with Crippen LogP contribution in [0.2, 0.25) is 5.02 Å². The summed E-state index contributed by atoms with van der Waals surface area (Å²) in [5, 5.41) is 17.2. The van der Waals surface area contributed by atoms with Crippen LogP contribution in [0.3, 0.4) is 0 Å². The van der Waals surface area contributed by atoms with E-state index >= 15 is 0 Å². The minimum absolute atomic E-state index is 0.0519. The van der Waals surface area contributed by atoms with Crippen LogP contribution in [0.25, 0.3) is 55.9 Å². The number of nitrogens with two attached hydrogens (primary N) is 1. The third-order valence-electron chi connectivity index (χ3n) is 11.0. The maximum absolute atomic E-state index is 14.1. The second kappa shape index (κ2) is 18.4. The number of hydrogen-bond acceptors (Lipinski definition) is 11. The van der Waals surface area contributed by atoms with Gasteiger partial charge in [0.1, 0.15) is 0 Å². The lowest BCUT2D eigenvalue weighted by Gasteiger charge is -2.12. The smallest absolute Gasteiger partial charge is 0.253 e. The molecule has 16 nitrogen and oxygen atoms in total. The van der Waals surface area contributed by atoms with Crippen molar-refractivity contribution in [3.05, 3.63) is 119 Å². The Kier molecular flexibility index (Phi) is 12.4. The summed E-state index contributed by atoms with van der Waals surface area (Å²) < 4.78 is 87.1. The molecule has 8 aromatic rings. The molecule has 67 heavy (non-hydrogen) atoms. The minimum Gasteiger partial charge on any atom is -0.383 e. The zero-order valence-electron chi connectivity index (χ0n) is 35.4. The highest BCUT2D eigenvalue weighted by molar-refractivity contribution is 7.89. The maximum Gasteiger partial charge on any atom is 0.253 e. The van der Waals surface area contributed by atoms with Crippen LogP contribution < -0.4 is 26.4 Å². The van der Waals surface area contributed by atoms with E-state index in [1.807, 2.05) is 0 Å². The number of sulfonamides is 1. The molecule has 10 rings (SSSR count). The highest BCUT2D eigenvalue weighted by Gasteiger charge is 2.26. The minimum atomic E-state index is -3.71. The topological polar surface area (TPSA) is 212 Å². The molecule has 0 aliphatic heterocycles. The Hall–Kier alpha value is -6.94. The van der Waals surface area contributed by atoms with Crippen LogP contribution in [0, 0.1) is 23.3 Å². The summed E-state index contributed by atoms with van der Waals surface area (Å²) in [6.07, 6.45) is 7.07. The molecule has 4 aromatic heterocycles. The van der Waals surface area contributed by atoms with Gasteiger partial charge in [0.2, 0.25) is 10.0 Å². The number of primary sulfonamides is 1. The molecule has 4 heterocycles. The average Bonchev–Trinajstić information content (AvgIpc) is 4.20. The summed E-state index contributed by atoms with van der Waals surface area (Å²) in [7, 11) is -2.14. The molecule has 0 bridgehead atoms. The Morgan fingerprint density at radius 2 is 1.21 bits per heavy atom. The molecule has 2 aliphatic carbocycles. The van der Waals surface area contributed by atoms with Crippen LogP contribution in [0.4, 0.5) is 29.2 Å². The standard InChI is InChI=1S/C23H20ClF2N5O2.C22H20F2N6O3S/c1-33-7-6-27-21-22-28-11-20(31(22)19-10-17(26)16(25)9-18(19)30-21)12-2-5-14(15(24)8-12)23(32)29-13-3-4-13;23-15-9-17-18(10-16(15)24)30-19(11-27-21(30)20(29-17)26-7-8-34(25,32)33)12-1-3-13(4-2-12)22(31)28-14-5-6-14/h2,5,8-11,13H,3-4,6-7H2,1H3,(H,27,30)(H,29,32);1-4,9-11,14H,5-8H2,(H,26,29)(H,28,31)(H2,25,32,33). The van der Waals surface area contributed by atoms with Crippen molar-refractivity contribution in [2.45, 2.75) is 37.8 Å². The van der Waals surface area contributed by atoms with E-state index < -0.39 is 33.3 Å². The normalized spacial score (nSPS) is 13.8. The zero-order chi connectivity index (χ0) is 47.1. The molecule has 0 radical (unpaired) electrons. The molecule has 2 aliphatic rings. The Balaban J connectivity index is 0.000000168. The van der Waals surface area contributed by atoms with Crippen LogP contribution in [-0.2, 0) is 14.8 Å². The van der Waals surface area contributed by atoms with Crippen LogP contribution in [0.1, 0.15) is 46.4 Å². The molecule has 0 atom stereocenters. The van der Waals surface area contributed by atoms with Gasteiger partial charge in [-0.25, -0.2) is 51.1 Å². The number of hydrogen-bond donors (Lipinski definition) is 5. The number of methoxy groups -OCH3 is 1. The molecule has 0 saturated heterocycles. The SMILES string of the molecule is COCCNc1nc2cc(F)c(F)cc2n2c(-c3ccc(C(=O)NC4CC4)c(Cl)c3)cnc12.NS(=O)(=O)CCNc1nc2cc(F)c(F)cc2n2c(-c3ccc(C(=O)NC4CC4)cc3)cnc12. The highest BCUT2D eigenvalue weighted by Crippen LogP contribution is 2.33. The first kappa shape index (κ1) is 45.2. The number of anilines is 2. The van der Waals surface area contributed by atoms with Gasteiger partial charge in [0.05, 0.1) is 68.8 Å². The molecule has 0 spiro atoms. The van der Waals surface area contributed by atoms with Gasteiger partial charge in [-0.2, -0.15) is 0 Å². The summed E-state index contributed by atoms with van der Waals surface area (Å²) in [4.78, 5) is 42.3. The predicted molar refractivity (Wildman–Crippen MR) is 245 cm³/mol. The van der Waals surface area contributed by atoms with Gasteiger partial charge in [0.25, 0.3) is 11.8 Å². The van der Waals surface area contributed by atoms with Crippen molar-refractivity contribution in [1.29, 1.82) is 0 Å². The molecular weight excluding hydrogens is 918 g/mol. The molecule has 2 saturated carbocycles. The summed E-state index contributed by atoms with van der Waals surface area (Å²) in [6.45, 7) is 0.827. The number of aromatic nitrogens is 6. The molecule has 22 heteroatoms. The van der Waals surface area contributed by atoms with Crippen molar-refractivity contribution in [3.63, 3.8) is 0 Å². The third kappa shape index (κ3) is 9.80. The first-order valence-electron chi connectivity index (χ1n) is 21.0. The summed E-state index contributed by atoms with van der Waals surface area (Å²) in [5.41, 5.74) is 5.12. The number of nitrogens with one attached hydrogen (secondary N) is 4. The molecule has 2 amide bonds. The Bertz CT molecular complexity index is 3370. The quantitative estimate of drug-likeness (QED) is 0.0562. The number of imidazole rings is 2. The van der Waals surface area contributed by atoms with Gasteiger partial charge in [0, 0.05) is 73.2 Å².